The average molecular weight is 321 g/mol. The van der Waals surface area contributed by atoms with Gasteiger partial charge in [0.15, 0.2) is 5.76 Å². The van der Waals surface area contributed by atoms with Crippen LogP contribution >= 0.6 is 12.4 Å². The van der Waals surface area contributed by atoms with Crippen molar-refractivity contribution < 1.29 is 14.4 Å². The van der Waals surface area contributed by atoms with Gasteiger partial charge < -0.3 is 14.8 Å². The van der Waals surface area contributed by atoms with E-state index in [2.05, 4.69) is 5.32 Å². The van der Waals surface area contributed by atoms with Crippen LogP contribution in [0.5, 0.6) is 0 Å². The molecular weight excluding hydrogens is 296 g/mol. The van der Waals surface area contributed by atoms with Gasteiger partial charge in [-0.15, -0.1) is 12.4 Å². The van der Waals surface area contributed by atoms with Crippen LogP contribution in [0, 0.1) is 10.1 Å². The van der Waals surface area contributed by atoms with Crippen molar-refractivity contribution in [3.05, 3.63) is 33.7 Å². The van der Waals surface area contributed by atoms with Crippen molar-refractivity contribution in [2.45, 2.75) is 39.2 Å². The van der Waals surface area contributed by atoms with Crippen LogP contribution in [0.3, 0.4) is 0 Å². The zero-order valence-electron chi connectivity index (χ0n) is 12.7. The lowest BCUT2D eigenvalue weighted by Gasteiger charge is -2.12. The molecular formula is C14H25ClN2O4. The second-order valence-corrected chi connectivity index (χ2v) is 4.60. The Bertz CT molecular complexity index is 366. The van der Waals surface area contributed by atoms with Crippen LogP contribution in [0.1, 0.15) is 33.1 Å². The number of nitrogens with zero attached hydrogens (tertiary/aromatic N) is 1. The van der Waals surface area contributed by atoms with Crippen LogP contribution in [0.4, 0.5) is 0 Å². The van der Waals surface area contributed by atoms with E-state index in [0.29, 0.717) is 31.4 Å². The number of hydrogen-bond acceptors (Lipinski definition) is 5. The van der Waals surface area contributed by atoms with Gasteiger partial charge >= 0.3 is 5.70 Å². The quantitative estimate of drug-likeness (QED) is 0.232. The van der Waals surface area contributed by atoms with E-state index >= 15 is 0 Å². The zero-order valence-corrected chi connectivity index (χ0v) is 13.5. The van der Waals surface area contributed by atoms with Crippen molar-refractivity contribution in [2.75, 3.05) is 26.3 Å². The van der Waals surface area contributed by atoms with E-state index in [9.17, 15) is 10.1 Å². The Hall–Kier alpha value is -1.11. The maximum atomic E-state index is 10.9. The fraction of sp³-hybridized carbons (Fsp3) is 0.714. The highest BCUT2D eigenvalue weighted by molar-refractivity contribution is 5.85. The minimum Gasteiger partial charge on any atom is -0.486 e. The van der Waals surface area contributed by atoms with Crippen LogP contribution in [0.15, 0.2) is 23.6 Å². The Balaban J connectivity index is 0.00000400. The summed E-state index contributed by atoms with van der Waals surface area (Å²) >= 11 is 0. The van der Waals surface area contributed by atoms with Crippen molar-refractivity contribution in [1.29, 1.82) is 0 Å². The van der Waals surface area contributed by atoms with Crippen molar-refractivity contribution >= 4 is 12.4 Å². The van der Waals surface area contributed by atoms with E-state index in [1.807, 2.05) is 6.92 Å². The van der Waals surface area contributed by atoms with Crippen LogP contribution in [-0.4, -0.2) is 37.3 Å². The third kappa shape index (κ3) is 7.45. The predicted octanol–water partition coefficient (Wildman–Crippen LogP) is 2.67. The summed E-state index contributed by atoms with van der Waals surface area (Å²) in [5.74, 6) is 0.346. The Kier molecular flexibility index (Phi) is 10.9. The number of allylic oxidation sites excluding steroid dienone is 2. The first-order chi connectivity index (χ1) is 9.69. The highest BCUT2D eigenvalue weighted by Crippen LogP contribution is 2.13. The topological polar surface area (TPSA) is 73.6 Å². The van der Waals surface area contributed by atoms with Gasteiger partial charge in [-0.3, -0.25) is 10.1 Å². The summed E-state index contributed by atoms with van der Waals surface area (Å²) in [7, 11) is 0. The normalized spacial score (nSPS) is 19.2. The first-order valence-corrected chi connectivity index (χ1v) is 7.15. The fourth-order valence-electron chi connectivity index (χ4n) is 2.06. The number of nitro groups is 1. The molecule has 0 aromatic carbocycles. The summed E-state index contributed by atoms with van der Waals surface area (Å²) in [6.45, 7) is 6.27. The lowest BCUT2D eigenvalue weighted by Crippen LogP contribution is -2.29. The van der Waals surface area contributed by atoms with Crippen LogP contribution in [0.2, 0.25) is 0 Å². The molecule has 0 aromatic heterocycles. The van der Waals surface area contributed by atoms with Crippen LogP contribution < -0.4 is 5.32 Å². The molecule has 1 rings (SSSR count). The molecule has 1 unspecified atom stereocenters. The molecule has 0 spiro atoms. The van der Waals surface area contributed by atoms with Crippen molar-refractivity contribution in [3.63, 3.8) is 0 Å². The smallest absolute Gasteiger partial charge is 0.306 e. The molecule has 1 heterocycles. The summed E-state index contributed by atoms with van der Waals surface area (Å²) in [4.78, 5) is 10.5. The third-order valence-electron chi connectivity index (χ3n) is 3.04. The highest BCUT2D eigenvalue weighted by atomic mass is 35.5. The standard InChI is InChI=1S/C14H24N2O4.ClH/c1-3-6-14(13(4-2)16(17)18)20-10-8-15-11-12-7-5-9-19-12;/h4,6,12,15H,3,5,7-11H2,1-2H3;1H/b13-4+,14-6+;. The molecule has 0 radical (unpaired) electrons. The van der Waals surface area contributed by atoms with Crippen molar-refractivity contribution in [2.24, 2.45) is 0 Å². The number of hydrogen-bond donors (Lipinski definition) is 1. The van der Waals surface area contributed by atoms with E-state index in [4.69, 9.17) is 9.47 Å². The summed E-state index contributed by atoms with van der Waals surface area (Å²) in [6.07, 6.45) is 6.41. The summed E-state index contributed by atoms with van der Waals surface area (Å²) in [6, 6.07) is 0. The molecule has 0 aromatic rings. The SMILES string of the molecule is C/C=C(\C(=C/CC)OCCNCC1CCCO1)[N+](=O)[O-].Cl. The molecule has 0 saturated carbocycles. The molecule has 122 valence electrons. The fourth-order valence-corrected chi connectivity index (χ4v) is 2.06. The molecule has 1 aliphatic heterocycles. The van der Waals surface area contributed by atoms with Gasteiger partial charge in [0.1, 0.15) is 6.61 Å². The number of halogens is 1. The van der Waals surface area contributed by atoms with E-state index in [0.717, 1.165) is 26.0 Å². The molecule has 1 N–H and O–H groups in total. The van der Waals surface area contributed by atoms with Crippen LogP contribution in [-0.2, 0) is 9.47 Å². The van der Waals surface area contributed by atoms with Gasteiger partial charge in [0.2, 0.25) is 0 Å². The predicted molar refractivity (Wildman–Crippen MR) is 84.2 cm³/mol. The monoisotopic (exact) mass is 320 g/mol. The Morgan fingerprint density at radius 3 is 2.86 bits per heavy atom. The molecule has 0 amide bonds. The maximum Gasteiger partial charge on any atom is 0.306 e. The molecule has 21 heavy (non-hydrogen) atoms. The number of ether oxygens (including phenoxy) is 2. The van der Waals surface area contributed by atoms with Gasteiger partial charge in [0.05, 0.1) is 11.0 Å². The van der Waals surface area contributed by atoms with E-state index in [1.54, 1.807) is 13.0 Å². The third-order valence-corrected chi connectivity index (χ3v) is 3.04. The Morgan fingerprint density at radius 2 is 2.33 bits per heavy atom. The van der Waals surface area contributed by atoms with E-state index in [1.165, 1.54) is 6.08 Å². The largest absolute Gasteiger partial charge is 0.486 e. The summed E-state index contributed by atoms with van der Waals surface area (Å²) in [5.41, 5.74) is 0.0194. The Morgan fingerprint density at radius 1 is 1.57 bits per heavy atom. The van der Waals surface area contributed by atoms with Gasteiger partial charge in [-0.05, 0) is 38.3 Å². The van der Waals surface area contributed by atoms with Gasteiger partial charge in [-0.2, -0.15) is 0 Å². The second kappa shape index (κ2) is 11.5. The lowest BCUT2D eigenvalue weighted by atomic mass is 10.2. The van der Waals surface area contributed by atoms with Gasteiger partial charge in [0, 0.05) is 19.7 Å². The molecule has 1 fully saturated rings. The maximum absolute atomic E-state index is 10.9. The lowest BCUT2D eigenvalue weighted by molar-refractivity contribution is -0.424. The van der Waals surface area contributed by atoms with Gasteiger partial charge in [0.25, 0.3) is 0 Å². The second-order valence-electron chi connectivity index (χ2n) is 4.60. The zero-order chi connectivity index (χ0) is 14.8. The van der Waals surface area contributed by atoms with E-state index < -0.39 is 4.92 Å². The number of rotatable bonds is 9. The first kappa shape index (κ1) is 19.9. The van der Waals surface area contributed by atoms with Gasteiger partial charge in [-0.1, -0.05) is 6.92 Å². The minimum absolute atomic E-state index is 0. The summed E-state index contributed by atoms with van der Waals surface area (Å²) < 4.78 is 11.0. The molecule has 0 aliphatic carbocycles. The van der Waals surface area contributed by atoms with E-state index in [-0.39, 0.29) is 18.1 Å². The first-order valence-electron chi connectivity index (χ1n) is 7.15. The van der Waals surface area contributed by atoms with Gasteiger partial charge in [-0.25, -0.2) is 0 Å². The highest BCUT2D eigenvalue weighted by Gasteiger charge is 2.17. The molecule has 6 nitrogen and oxygen atoms in total. The molecule has 1 aliphatic rings. The molecule has 0 bridgehead atoms. The molecule has 7 heteroatoms. The van der Waals surface area contributed by atoms with Crippen LogP contribution in [0.25, 0.3) is 0 Å². The molecule has 1 saturated heterocycles. The average Bonchev–Trinajstić information content (AvgIpc) is 2.91. The summed E-state index contributed by atoms with van der Waals surface area (Å²) in [5, 5.41) is 14.1. The molecule has 1 atom stereocenters. The minimum atomic E-state index is -0.415. The van der Waals surface area contributed by atoms with Crippen molar-refractivity contribution in [1.82, 2.24) is 5.32 Å². The van der Waals surface area contributed by atoms with Crippen molar-refractivity contribution in [3.8, 4) is 0 Å². The Labute approximate surface area is 132 Å². The number of nitrogens with one attached hydrogen (secondary N) is 1.